The van der Waals surface area contributed by atoms with Crippen LogP contribution in [0.25, 0.3) is 10.9 Å². The van der Waals surface area contributed by atoms with Crippen molar-refractivity contribution in [2.75, 3.05) is 6.61 Å². The normalized spacial score (nSPS) is 12.8. The molecule has 0 spiro atoms. The van der Waals surface area contributed by atoms with Crippen LogP contribution in [0.1, 0.15) is 46.0 Å². The van der Waals surface area contributed by atoms with E-state index in [2.05, 4.69) is 66.2 Å². The summed E-state index contributed by atoms with van der Waals surface area (Å²) in [5.41, 5.74) is 0.777. The summed E-state index contributed by atoms with van der Waals surface area (Å²) in [6, 6.07) is 9.21. The first-order valence-corrected chi connectivity index (χ1v) is 13.5. The van der Waals surface area contributed by atoms with E-state index >= 15 is 0 Å². The van der Waals surface area contributed by atoms with Crippen molar-refractivity contribution < 1.29 is 14.3 Å². The summed E-state index contributed by atoms with van der Waals surface area (Å²) in [5.74, 6) is 0.754. The number of benzene rings is 2. The lowest BCUT2D eigenvalue weighted by Crippen LogP contribution is -2.29. The minimum Gasteiger partial charge on any atom is -0.477 e. The zero-order valence-electron chi connectivity index (χ0n) is 19.4. The largest absolute Gasteiger partial charge is 0.477 e. The molecule has 0 saturated heterocycles. The first kappa shape index (κ1) is 27.1. The second-order valence-electron chi connectivity index (χ2n) is 8.53. The van der Waals surface area contributed by atoms with Crippen molar-refractivity contribution >= 4 is 84.2 Å². The van der Waals surface area contributed by atoms with E-state index in [0.29, 0.717) is 29.1 Å². The van der Waals surface area contributed by atoms with Gasteiger partial charge in [-0.05, 0) is 94.9 Å². The van der Waals surface area contributed by atoms with E-state index < -0.39 is 17.5 Å². The molecule has 0 radical (unpaired) electrons. The Bertz CT molecular complexity index is 1310. The molecule has 1 aromatic heterocycles. The van der Waals surface area contributed by atoms with E-state index in [1.165, 1.54) is 4.68 Å². The number of hydrogen-bond donors (Lipinski definition) is 0. The maximum Gasteiger partial charge on any atom is 0.347 e. The van der Waals surface area contributed by atoms with Crippen LogP contribution in [0.15, 0.2) is 44.7 Å². The van der Waals surface area contributed by atoms with Gasteiger partial charge in [-0.3, -0.25) is 4.79 Å². The van der Waals surface area contributed by atoms with Crippen LogP contribution in [0.2, 0.25) is 0 Å². The van der Waals surface area contributed by atoms with Crippen molar-refractivity contribution in [1.29, 1.82) is 0 Å². The van der Waals surface area contributed by atoms with Gasteiger partial charge in [-0.2, -0.15) is 9.78 Å². The fourth-order valence-electron chi connectivity index (χ4n) is 3.12. The maximum atomic E-state index is 13.3. The molecule has 7 nitrogen and oxygen atoms in total. The molecule has 0 aliphatic heterocycles. The highest BCUT2D eigenvalue weighted by Crippen LogP contribution is 2.30. The Labute approximate surface area is 233 Å². The number of rotatable bonds is 6. The first-order chi connectivity index (χ1) is 15.9. The first-order valence-electron chi connectivity index (χ1n) is 10.5. The van der Waals surface area contributed by atoms with Crippen molar-refractivity contribution in [3.05, 3.63) is 63.7 Å². The molecule has 0 amide bonds. The van der Waals surface area contributed by atoms with Crippen molar-refractivity contribution in [3.63, 3.8) is 0 Å². The van der Waals surface area contributed by atoms with Crippen molar-refractivity contribution in [2.24, 2.45) is 5.10 Å². The van der Waals surface area contributed by atoms with Gasteiger partial charge >= 0.3 is 5.97 Å². The number of halogens is 3. The Morgan fingerprint density at radius 2 is 1.88 bits per heavy atom. The van der Waals surface area contributed by atoms with E-state index in [4.69, 9.17) is 14.5 Å². The summed E-state index contributed by atoms with van der Waals surface area (Å²) in [6.45, 7) is 9.70. The Kier molecular flexibility index (Phi) is 8.77. The van der Waals surface area contributed by atoms with Gasteiger partial charge in [0.25, 0.3) is 5.56 Å². The molecule has 0 aliphatic rings. The van der Waals surface area contributed by atoms with Crippen LogP contribution >= 0.6 is 61.1 Å². The van der Waals surface area contributed by atoms with Crippen molar-refractivity contribution in [1.82, 2.24) is 9.66 Å². The monoisotopic (exact) mass is 751 g/mol. The summed E-state index contributed by atoms with van der Waals surface area (Å²) in [5, 5.41) is 5.01. The molecule has 1 heterocycles. The van der Waals surface area contributed by atoms with Gasteiger partial charge in [-0.25, -0.2) is 9.78 Å². The lowest BCUT2D eigenvalue weighted by Gasteiger charge is -2.21. The van der Waals surface area contributed by atoms with Gasteiger partial charge in [0.15, 0.2) is 6.10 Å². The lowest BCUT2D eigenvalue weighted by molar-refractivity contribution is -0.150. The van der Waals surface area contributed by atoms with E-state index in [1.54, 1.807) is 26.1 Å². The van der Waals surface area contributed by atoms with Crippen LogP contribution < -0.4 is 10.3 Å². The van der Waals surface area contributed by atoms with Crippen LogP contribution in [-0.4, -0.2) is 34.6 Å². The Balaban J connectivity index is 2.02. The minimum absolute atomic E-state index is 0.236. The van der Waals surface area contributed by atoms with Crippen LogP contribution in [0.4, 0.5) is 0 Å². The molecule has 0 fully saturated rings. The molecule has 34 heavy (non-hydrogen) atoms. The number of carbonyl (C=O) groups is 1. The number of esters is 1. The molecule has 2 aromatic carbocycles. The predicted octanol–water partition coefficient (Wildman–Crippen LogP) is 5.88. The second kappa shape index (κ2) is 11.0. The fourth-order valence-corrected chi connectivity index (χ4v) is 5.55. The zero-order valence-corrected chi connectivity index (χ0v) is 25.3. The third-order valence-electron chi connectivity index (χ3n) is 4.74. The van der Waals surface area contributed by atoms with E-state index in [-0.39, 0.29) is 5.56 Å². The number of nitrogens with zero attached hydrogens (tertiary/aromatic N) is 3. The molecular formula is C24H24BrI2N3O4. The molecule has 3 rings (SSSR count). The van der Waals surface area contributed by atoms with Crippen LogP contribution in [0.3, 0.4) is 0 Å². The summed E-state index contributed by atoms with van der Waals surface area (Å²) in [6.07, 6.45) is 0.905. The number of hydrogen-bond acceptors (Lipinski definition) is 6. The number of fused-ring (bicyclic) bond motifs is 1. The van der Waals surface area contributed by atoms with Gasteiger partial charge in [-0.1, -0.05) is 36.7 Å². The van der Waals surface area contributed by atoms with Gasteiger partial charge in [-0.15, -0.1) is 0 Å². The van der Waals surface area contributed by atoms with Gasteiger partial charge in [0, 0.05) is 9.89 Å². The van der Waals surface area contributed by atoms with E-state index in [1.807, 2.05) is 45.0 Å². The fraction of sp³-hybridized carbons (Fsp3) is 0.333. The zero-order chi connectivity index (χ0) is 25.2. The molecule has 10 heteroatoms. The second-order valence-corrected chi connectivity index (χ2v) is 11.8. The highest BCUT2D eigenvalue weighted by atomic mass is 127. The molecule has 3 aromatic rings. The lowest BCUT2D eigenvalue weighted by atomic mass is 9.95. The van der Waals surface area contributed by atoms with E-state index in [0.717, 1.165) is 17.2 Å². The average Bonchev–Trinajstić information content (AvgIpc) is 2.75. The van der Waals surface area contributed by atoms with Crippen LogP contribution in [0.5, 0.6) is 5.75 Å². The molecular weight excluding hydrogens is 728 g/mol. The summed E-state index contributed by atoms with van der Waals surface area (Å²) in [4.78, 5) is 30.0. The number of aromatic nitrogens is 2. The molecule has 1 atom stereocenters. The maximum absolute atomic E-state index is 13.3. The van der Waals surface area contributed by atoms with Crippen molar-refractivity contribution in [2.45, 2.75) is 46.1 Å². The van der Waals surface area contributed by atoms with Gasteiger partial charge in [0.2, 0.25) is 0 Å². The SMILES string of the molecule is CCOC(=O)[C@@H](C)Oc1c(I)cc(C=Nn2c(C(C)(C)C)nc3ccc(Br)cc3c2=O)cc1I. The third kappa shape index (κ3) is 6.17. The quantitative estimate of drug-likeness (QED) is 0.179. The van der Waals surface area contributed by atoms with Crippen LogP contribution in [0, 0.1) is 7.14 Å². The summed E-state index contributed by atoms with van der Waals surface area (Å²) < 4.78 is 14.7. The Morgan fingerprint density at radius 1 is 1.24 bits per heavy atom. The highest BCUT2D eigenvalue weighted by Gasteiger charge is 2.23. The van der Waals surface area contributed by atoms with Gasteiger partial charge in [0.1, 0.15) is 11.6 Å². The highest BCUT2D eigenvalue weighted by molar-refractivity contribution is 14.1. The molecule has 180 valence electrons. The van der Waals surface area contributed by atoms with Crippen LogP contribution in [-0.2, 0) is 14.9 Å². The summed E-state index contributed by atoms with van der Waals surface area (Å²) >= 11 is 7.74. The Morgan fingerprint density at radius 3 is 2.47 bits per heavy atom. The predicted molar refractivity (Wildman–Crippen MR) is 154 cm³/mol. The van der Waals surface area contributed by atoms with Gasteiger partial charge in [0.05, 0.1) is 30.9 Å². The minimum atomic E-state index is -0.725. The van der Waals surface area contributed by atoms with Gasteiger partial charge < -0.3 is 9.47 Å². The number of ether oxygens (including phenoxy) is 2. The molecule has 0 saturated carbocycles. The molecule has 0 bridgehead atoms. The molecule has 0 unspecified atom stereocenters. The molecule has 0 aliphatic carbocycles. The average molecular weight is 752 g/mol. The standard InChI is InChI=1S/C24H24BrI2N3O4/c1-6-33-22(32)13(2)34-20-17(26)9-14(10-18(20)27)12-28-30-21(31)16-11-15(25)7-8-19(16)29-23(30)24(3,4)5/h7-13H,6H2,1-5H3/t13-/m1/s1. The third-order valence-corrected chi connectivity index (χ3v) is 6.83. The number of carbonyl (C=O) groups excluding carboxylic acids is 1. The smallest absolute Gasteiger partial charge is 0.347 e. The topological polar surface area (TPSA) is 82.8 Å². The molecule has 0 N–H and O–H groups in total. The summed E-state index contributed by atoms with van der Waals surface area (Å²) in [7, 11) is 0. The Hall–Kier alpha value is -1.54. The van der Waals surface area contributed by atoms with Crippen molar-refractivity contribution in [3.8, 4) is 5.75 Å². The van der Waals surface area contributed by atoms with E-state index in [9.17, 15) is 9.59 Å².